The number of aromatic nitrogens is 2. The summed E-state index contributed by atoms with van der Waals surface area (Å²) in [6.07, 6.45) is 2.87. The number of imide groups is 1. The van der Waals surface area contributed by atoms with Crippen LogP contribution in [0.1, 0.15) is 43.2 Å². The average molecular weight is 480 g/mol. The van der Waals surface area contributed by atoms with E-state index >= 15 is 0 Å². The van der Waals surface area contributed by atoms with Crippen LogP contribution in [0.4, 0.5) is 4.79 Å². The van der Waals surface area contributed by atoms with Gasteiger partial charge in [0.2, 0.25) is 11.8 Å². The maximum atomic E-state index is 13.5. The molecule has 0 bridgehead atoms. The van der Waals surface area contributed by atoms with Crippen molar-refractivity contribution in [3.05, 3.63) is 58.8 Å². The minimum atomic E-state index is -1.09. The van der Waals surface area contributed by atoms with Crippen molar-refractivity contribution in [3.8, 4) is 10.8 Å². The topological polar surface area (TPSA) is 109 Å². The van der Waals surface area contributed by atoms with Crippen molar-refractivity contribution >= 4 is 29.2 Å². The van der Waals surface area contributed by atoms with E-state index in [1.165, 1.54) is 11.3 Å². The van der Waals surface area contributed by atoms with Crippen molar-refractivity contribution in [2.45, 2.75) is 44.7 Å². The lowest BCUT2D eigenvalue weighted by molar-refractivity contribution is -0.140. The highest BCUT2D eigenvalue weighted by molar-refractivity contribution is 7.13. The minimum absolute atomic E-state index is 0.114. The molecule has 0 saturated carbocycles. The van der Waals surface area contributed by atoms with Gasteiger partial charge in [0.1, 0.15) is 12.1 Å². The van der Waals surface area contributed by atoms with Crippen LogP contribution in [0.2, 0.25) is 0 Å². The van der Waals surface area contributed by atoms with Gasteiger partial charge in [-0.25, -0.2) is 4.79 Å². The van der Waals surface area contributed by atoms with Crippen LogP contribution in [0.3, 0.4) is 0 Å². The fourth-order valence-corrected chi connectivity index (χ4v) is 5.38. The molecule has 2 aliphatic rings. The van der Waals surface area contributed by atoms with Crippen molar-refractivity contribution < 1.29 is 18.8 Å². The zero-order chi connectivity index (χ0) is 23.7. The van der Waals surface area contributed by atoms with Crippen LogP contribution in [0.15, 0.2) is 46.2 Å². The van der Waals surface area contributed by atoms with Crippen LogP contribution in [0.25, 0.3) is 10.8 Å². The molecule has 10 heteroatoms. The Bertz CT molecular complexity index is 1220. The van der Waals surface area contributed by atoms with E-state index in [9.17, 15) is 14.4 Å². The first-order valence-electron chi connectivity index (χ1n) is 11.4. The van der Waals surface area contributed by atoms with Gasteiger partial charge in [0.05, 0.1) is 11.4 Å². The summed E-state index contributed by atoms with van der Waals surface area (Å²) in [4.78, 5) is 43.0. The number of aryl methyl sites for hydroxylation is 1. The van der Waals surface area contributed by atoms with Gasteiger partial charge < -0.3 is 14.6 Å². The van der Waals surface area contributed by atoms with Crippen LogP contribution < -0.4 is 5.32 Å². The molecule has 34 heavy (non-hydrogen) atoms. The fraction of sp³-hybridized carbons (Fsp3) is 0.375. The Balaban J connectivity index is 1.32. The number of hydrogen-bond acceptors (Lipinski definition) is 7. The first kappa shape index (κ1) is 22.3. The second kappa shape index (κ2) is 9.02. The van der Waals surface area contributed by atoms with Crippen molar-refractivity contribution in [3.63, 3.8) is 0 Å². The van der Waals surface area contributed by atoms with Crippen LogP contribution in [0.5, 0.6) is 0 Å². The summed E-state index contributed by atoms with van der Waals surface area (Å²) in [6.45, 7) is 2.17. The average Bonchev–Trinajstić information content (AvgIpc) is 3.57. The third-order valence-corrected chi connectivity index (χ3v) is 7.17. The van der Waals surface area contributed by atoms with Crippen molar-refractivity contribution in [1.82, 2.24) is 25.3 Å². The molecule has 9 nitrogen and oxygen atoms in total. The lowest BCUT2D eigenvalue weighted by Gasteiger charge is -2.33. The number of nitrogens with one attached hydrogen (secondary N) is 1. The molecule has 1 atom stereocenters. The summed E-state index contributed by atoms with van der Waals surface area (Å²) < 4.78 is 5.73. The van der Waals surface area contributed by atoms with Gasteiger partial charge in [-0.15, -0.1) is 21.5 Å². The lowest BCUT2D eigenvalue weighted by atomic mass is 9.76. The van der Waals surface area contributed by atoms with Crippen LogP contribution in [-0.2, 0) is 28.1 Å². The third kappa shape index (κ3) is 3.87. The Morgan fingerprint density at radius 1 is 1.24 bits per heavy atom. The summed E-state index contributed by atoms with van der Waals surface area (Å²) in [7, 11) is 0. The van der Waals surface area contributed by atoms with E-state index in [0.717, 1.165) is 33.7 Å². The Morgan fingerprint density at radius 3 is 2.88 bits per heavy atom. The molecule has 1 aliphatic carbocycles. The molecule has 1 saturated heterocycles. The predicted molar refractivity (Wildman–Crippen MR) is 125 cm³/mol. The second-order valence-electron chi connectivity index (χ2n) is 8.53. The molecule has 1 aromatic carbocycles. The molecule has 0 radical (unpaired) electrons. The first-order valence-corrected chi connectivity index (χ1v) is 12.3. The van der Waals surface area contributed by atoms with Crippen molar-refractivity contribution in [1.29, 1.82) is 0 Å². The Labute approximate surface area is 200 Å². The van der Waals surface area contributed by atoms with Crippen LogP contribution >= 0.6 is 11.3 Å². The molecule has 1 fully saturated rings. The van der Waals surface area contributed by atoms with E-state index < -0.39 is 11.6 Å². The quantitative estimate of drug-likeness (QED) is 0.521. The van der Waals surface area contributed by atoms with Gasteiger partial charge in [0.15, 0.2) is 0 Å². The standard InChI is InChI=1S/C24H25N5O4S/c1-2-12-28(14-19-26-27-21(33-19)18-10-6-13-34-18)20(30)15-29-22(31)24(25-23(29)32)11-5-8-16-7-3-4-9-17(16)24/h3-4,6-7,9-10,13H,2,5,8,11-12,14-15H2,1H3,(H,25,32). The second-order valence-corrected chi connectivity index (χ2v) is 9.48. The summed E-state index contributed by atoms with van der Waals surface area (Å²) in [6, 6.07) is 10.9. The highest BCUT2D eigenvalue weighted by Crippen LogP contribution is 2.39. The van der Waals surface area contributed by atoms with Crippen molar-refractivity contribution in [2.75, 3.05) is 13.1 Å². The summed E-state index contributed by atoms with van der Waals surface area (Å²) in [5.41, 5.74) is 0.789. The maximum absolute atomic E-state index is 13.5. The number of carbonyl (C=O) groups excluding carboxylic acids is 3. The smallest absolute Gasteiger partial charge is 0.325 e. The molecule has 3 heterocycles. The highest BCUT2D eigenvalue weighted by atomic mass is 32.1. The molecule has 1 spiro atoms. The van der Waals surface area contributed by atoms with E-state index in [4.69, 9.17) is 4.42 Å². The van der Waals surface area contributed by atoms with Gasteiger partial charge in [-0.1, -0.05) is 37.3 Å². The number of benzene rings is 1. The molecule has 1 aliphatic heterocycles. The Kier molecular flexibility index (Phi) is 5.91. The van der Waals surface area contributed by atoms with E-state index in [1.807, 2.05) is 48.7 Å². The normalized spacial score (nSPS) is 19.4. The van der Waals surface area contributed by atoms with Crippen LogP contribution in [-0.4, -0.2) is 50.9 Å². The van der Waals surface area contributed by atoms with Gasteiger partial charge in [-0.05, 0) is 48.3 Å². The Morgan fingerprint density at radius 2 is 2.09 bits per heavy atom. The number of carbonyl (C=O) groups is 3. The zero-order valence-electron chi connectivity index (χ0n) is 18.8. The SMILES string of the molecule is CCCN(Cc1nnc(-c2cccs2)o1)C(=O)CN1C(=O)NC2(CCCc3ccccc32)C1=O. The van der Waals surface area contributed by atoms with E-state index in [0.29, 0.717) is 31.2 Å². The monoisotopic (exact) mass is 479 g/mol. The van der Waals surface area contributed by atoms with Crippen LogP contribution in [0, 0.1) is 0 Å². The molecule has 1 N–H and O–H groups in total. The van der Waals surface area contributed by atoms with Gasteiger partial charge in [-0.3, -0.25) is 14.5 Å². The molecule has 3 aromatic rings. The predicted octanol–water partition coefficient (Wildman–Crippen LogP) is 3.32. The molecule has 4 amide bonds. The molecular formula is C24H25N5O4S. The van der Waals surface area contributed by atoms with Gasteiger partial charge >= 0.3 is 6.03 Å². The van der Waals surface area contributed by atoms with Gasteiger partial charge in [0.25, 0.3) is 11.8 Å². The molecule has 5 rings (SSSR count). The molecule has 2 aromatic heterocycles. The maximum Gasteiger partial charge on any atom is 0.325 e. The fourth-order valence-electron chi connectivity index (χ4n) is 4.73. The minimum Gasteiger partial charge on any atom is -0.418 e. The number of rotatable bonds is 7. The molecule has 1 unspecified atom stereocenters. The molecule has 176 valence electrons. The first-order chi connectivity index (χ1) is 16.5. The van der Waals surface area contributed by atoms with E-state index in [-0.39, 0.29) is 24.9 Å². The number of urea groups is 1. The van der Waals surface area contributed by atoms with Crippen molar-refractivity contribution in [2.24, 2.45) is 0 Å². The summed E-state index contributed by atoms with van der Waals surface area (Å²) >= 11 is 1.49. The molecular weight excluding hydrogens is 454 g/mol. The number of amides is 4. The lowest BCUT2D eigenvalue weighted by Crippen LogP contribution is -2.47. The summed E-state index contributed by atoms with van der Waals surface area (Å²) in [5, 5.41) is 12.9. The Hall–Kier alpha value is -3.53. The number of hydrogen-bond donors (Lipinski definition) is 1. The number of nitrogens with zero attached hydrogens (tertiary/aromatic N) is 4. The van der Waals surface area contributed by atoms with E-state index in [1.54, 1.807) is 4.90 Å². The summed E-state index contributed by atoms with van der Waals surface area (Å²) in [5.74, 6) is -0.00410. The number of thiophene rings is 1. The third-order valence-electron chi connectivity index (χ3n) is 6.32. The largest absolute Gasteiger partial charge is 0.418 e. The van der Waals surface area contributed by atoms with E-state index in [2.05, 4.69) is 15.5 Å². The highest BCUT2D eigenvalue weighted by Gasteiger charge is 2.54. The van der Waals surface area contributed by atoms with Gasteiger partial charge in [0, 0.05) is 6.54 Å². The van der Waals surface area contributed by atoms with Gasteiger partial charge in [-0.2, -0.15) is 0 Å². The zero-order valence-corrected chi connectivity index (χ0v) is 19.6. The number of fused-ring (bicyclic) bond motifs is 2.